The van der Waals surface area contributed by atoms with Gasteiger partial charge in [-0.3, -0.25) is 0 Å². The van der Waals surface area contributed by atoms with E-state index < -0.39 is 0 Å². The van der Waals surface area contributed by atoms with E-state index >= 15 is 0 Å². The van der Waals surface area contributed by atoms with Crippen molar-refractivity contribution in [2.75, 3.05) is 11.4 Å². The van der Waals surface area contributed by atoms with E-state index in [-0.39, 0.29) is 0 Å². The van der Waals surface area contributed by atoms with E-state index in [0.717, 1.165) is 23.4 Å². The molecule has 1 heterocycles. The summed E-state index contributed by atoms with van der Waals surface area (Å²) in [4.78, 5) is 2.35. The Balaban J connectivity index is 2.34. The average molecular weight is 249 g/mol. The topological polar surface area (TPSA) is 27.0 Å². The molecule has 1 atom stereocenters. The fourth-order valence-electron chi connectivity index (χ4n) is 2.46. The van der Waals surface area contributed by atoms with Crippen molar-refractivity contribution in [3.63, 3.8) is 0 Å². The van der Waals surface area contributed by atoms with E-state index in [2.05, 4.69) is 17.9 Å². The SMILES string of the molecule is CC1CCCCN1c1ccc(CCl)cc1C#N. The zero-order valence-electron chi connectivity index (χ0n) is 10.1. The van der Waals surface area contributed by atoms with Crippen molar-refractivity contribution in [3.05, 3.63) is 29.3 Å². The third-order valence-corrected chi connectivity index (χ3v) is 3.76. The molecule has 0 radical (unpaired) electrons. The van der Waals surface area contributed by atoms with Crippen LogP contribution in [0, 0.1) is 11.3 Å². The van der Waals surface area contributed by atoms with Crippen LogP contribution < -0.4 is 4.90 Å². The van der Waals surface area contributed by atoms with Crippen LogP contribution in [0.1, 0.15) is 37.3 Å². The number of nitriles is 1. The molecule has 1 aromatic carbocycles. The molecule has 0 saturated carbocycles. The monoisotopic (exact) mass is 248 g/mol. The van der Waals surface area contributed by atoms with Gasteiger partial charge >= 0.3 is 0 Å². The molecule has 1 aromatic rings. The summed E-state index contributed by atoms with van der Waals surface area (Å²) in [6.45, 7) is 3.28. The van der Waals surface area contributed by atoms with Gasteiger partial charge in [0.1, 0.15) is 6.07 Å². The van der Waals surface area contributed by atoms with Gasteiger partial charge in [0.2, 0.25) is 0 Å². The second kappa shape index (κ2) is 5.42. The number of halogens is 1. The van der Waals surface area contributed by atoms with Crippen LogP contribution in [0.15, 0.2) is 18.2 Å². The van der Waals surface area contributed by atoms with Gasteiger partial charge in [-0.25, -0.2) is 0 Å². The van der Waals surface area contributed by atoms with Crippen molar-refractivity contribution >= 4 is 17.3 Å². The van der Waals surface area contributed by atoms with Gasteiger partial charge in [0.15, 0.2) is 0 Å². The number of piperidine rings is 1. The summed E-state index contributed by atoms with van der Waals surface area (Å²) in [5.41, 5.74) is 2.82. The first kappa shape index (κ1) is 12.3. The molecular weight excluding hydrogens is 232 g/mol. The van der Waals surface area contributed by atoms with Gasteiger partial charge in [-0.05, 0) is 43.9 Å². The van der Waals surface area contributed by atoms with E-state index in [0.29, 0.717) is 11.9 Å². The minimum Gasteiger partial charge on any atom is -0.368 e. The predicted octanol–water partition coefficient (Wildman–Crippen LogP) is 3.68. The van der Waals surface area contributed by atoms with Gasteiger partial charge in [0.25, 0.3) is 0 Å². The average Bonchev–Trinajstić information content (AvgIpc) is 2.38. The lowest BCUT2D eigenvalue weighted by atomic mass is 10.0. The molecule has 1 unspecified atom stereocenters. The minimum atomic E-state index is 0.463. The molecule has 1 aliphatic rings. The van der Waals surface area contributed by atoms with Gasteiger partial charge in [-0.1, -0.05) is 6.07 Å². The first-order valence-corrected chi connectivity index (χ1v) is 6.65. The second-order valence-electron chi connectivity index (χ2n) is 4.64. The van der Waals surface area contributed by atoms with Gasteiger partial charge in [0, 0.05) is 18.5 Å². The van der Waals surface area contributed by atoms with Crippen molar-refractivity contribution < 1.29 is 0 Å². The highest BCUT2D eigenvalue weighted by atomic mass is 35.5. The Hall–Kier alpha value is -1.20. The van der Waals surface area contributed by atoms with Crippen LogP contribution in [-0.2, 0) is 5.88 Å². The Kier molecular flexibility index (Phi) is 3.91. The quantitative estimate of drug-likeness (QED) is 0.747. The summed E-state index contributed by atoms with van der Waals surface area (Å²) in [7, 11) is 0. The van der Waals surface area contributed by atoms with Crippen LogP contribution in [0.3, 0.4) is 0 Å². The van der Waals surface area contributed by atoms with Crippen LogP contribution in [0.5, 0.6) is 0 Å². The molecule has 3 heteroatoms. The summed E-state index contributed by atoms with van der Waals surface area (Å²) in [5, 5.41) is 9.24. The van der Waals surface area contributed by atoms with E-state index in [4.69, 9.17) is 11.6 Å². The van der Waals surface area contributed by atoms with Crippen LogP contribution in [0.4, 0.5) is 5.69 Å². The largest absolute Gasteiger partial charge is 0.368 e. The van der Waals surface area contributed by atoms with E-state index in [9.17, 15) is 5.26 Å². The number of anilines is 1. The number of benzene rings is 1. The molecule has 17 heavy (non-hydrogen) atoms. The number of rotatable bonds is 2. The standard InChI is InChI=1S/C14H17ClN2/c1-11-4-2-3-7-17(11)14-6-5-12(9-15)8-13(14)10-16/h5-6,8,11H,2-4,7,9H2,1H3. The first-order chi connectivity index (χ1) is 8.26. The molecule has 2 nitrogen and oxygen atoms in total. The van der Waals surface area contributed by atoms with Crippen molar-refractivity contribution in [1.82, 2.24) is 0 Å². The number of nitrogens with zero attached hydrogens (tertiary/aromatic N) is 2. The molecular formula is C14H17ClN2. The molecule has 0 aromatic heterocycles. The molecule has 2 rings (SSSR count). The highest BCUT2D eigenvalue weighted by molar-refractivity contribution is 6.17. The summed E-state index contributed by atoms with van der Waals surface area (Å²) < 4.78 is 0. The van der Waals surface area contributed by atoms with Gasteiger partial charge < -0.3 is 4.90 Å². The number of alkyl halides is 1. The van der Waals surface area contributed by atoms with E-state index in [1.165, 1.54) is 19.3 Å². The third-order valence-electron chi connectivity index (χ3n) is 3.45. The van der Waals surface area contributed by atoms with Crippen molar-refractivity contribution in [1.29, 1.82) is 5.26 Å². The van der Waals surface area contributed by atoms with Crippen LogP contribution in [-0.4, -0.2) is 12.6 Å². The lowest BCUT2D eigenvalue weighted by Gasteiger charge is -2.36. The van der Waals surface area contributed by atoms with Crippen LogP contribution in [0.2, 0.25) is 0 Å². The van der Waals surface area contributed by atoms with Crippen molar-refractivity contribution in [2.24, 2.45) is 0 Å². The highest BCUT2D eigenvalue weighted by Gasteiger charge is 2.20. The predicted molar refractivity (Wildman–Crippen MR) is 71.4 cm³/mol. The normalized spacial score (nSPS) is 20.1. The van der Waals surface area contributed by atoms with Crippen molar-refractivity contribution in [3.8, 4) is 6.07 Å². The minimum absolute atomic E-state index is 0.463. The molecule has 0 spiro atoms. The maximum atomic E-state index is 9.24. The lowest BCUT2D eigenvalue weighted by Crippen LogP contribution is -2.37. The Morgan fingerprint density at radius 2 is 2.29 bits per heavy atom. The fraction of sp³-hybridized carbons (Fsp3) is 0.500. The maximum Gasteiger partial charge on any atom is 0.101 e. The Bertz CT molecular complexity index is 436. The molecule has 0 N–H and O–H groups in total. The highest BCUT2D eigenvalue weighted by Crippen LogP contribution is 2.28. The lowest BCUT2D eigenvalue weighted by molar-refractivity contribution is 0.484. The Morgan fingerprint density at radius 3 is 2.94 bits per heavy atom. The van der Waals surface area contributed by atoms with E-state index in [1.54, 1.807) is 0 Å². The molecule has 1 saturated heterocycles. The zero-order chi connectivity index (χ0) is 12.3. The summed E-state index contributed by atoms with van der Waals surface area (Å²) >= 11 is 5.80. The fourth-order valence-corrected chi connectivity index (χ4v) is 2.63. The van der Waals surface area contributed by atoms with Crippen LogP contribution >= 0.6 is 11.6 Å². The van der Waals surface area contributed by atoms with Gasteiger partial charge in [-0.2, -0.15) is 5.26 Å². The number of hydrogen-bond donors (Lipinski definition) is 0. The third kappa shape index (κ3) is 2.56. The maximum absolute atomic E-state index is 9.24. The van der Waals surface area contributed by atoms with E-state index in [1.807, 2.05) is 18.2 Å². The molecule has 0 aliphatic carbocycles. The molecule has 0 bridgehead atoms. The first-order valence-electron chi connectivity index (χ1n) is 6.12. The Morgan fingerprint density at radius 1 is 1.47 bits per heavy atom. The smallest absolute Gasteiger partial charge is 0.101 e. The summed E-state index contributed by atoms with van der Waals surface area (Å²) in [6.07, 6.45) is 3.72. The summed E-state index contributed by atoms with van der Waals surface area (Å²) in [5.74, 6) is 0.463. The number of hydrogen-bond acceptors (Lipinski definition) is 2. The van der Waals surface area contributed by atoms with Crippen molar-refractivity contribution in [2.45, 2.75) is 38.1 Å². The molecule has 90 valence electrons. The second-order valence-corrected chi connectivity index (χ2v) is 4.90. The molecule has 1 fully saturated rings. The van der Waals surface area contributed by atoms with Gasteiger partial charge in [-0.15, -0.1) is 11.6 Å². The summed E-state index contributed by atoms with van der Waals surface area (Å²) in [6, 6.07) is 8.78. The molecule has 1 aliphatic heterocycles. The van der Waals surface area contributed by atoms with Gasteiger partial charge in [0.05, 0.1) is 11.3 Å². The molecule has 0 amide bonds. The zero-order valence-corrected chi connectivity index (χ0v) is 10.9. The van der Waals surface area contributed by atoms with Crippen LogP contribution in [0.25, 0.3) is 0 Å². The Labute approximate surface area is 108 Å².